The van der Waals surface area contributed by atoms with E-state index < -0.39 is 15.8 Å². The third-order valence-corrected chi connectivity index (χ3v) is 6.71. The van der Waals surface area contributed by atoms with Crippen LogP contribution in [-0.4, -0.2) is 55.3 Å². The fraction of sp³-hybridized carbons (Fsp3) is 0.529. The van der Waals surface area contributed by atoms with E-state index in [1.165, 1.54) is 32.0 Å². The normalized spacial score (nSPS) is 16.9. The lowest BCUT2D eigenvalue weighted by Crippen LogP contribution is -2.37. The molecule has 142 valence electrons. The number of amides is 1. The van der Waals surface area contributed by atoms with Crippen molar-refractivity contribution in [2.75, 3.05) is 27.2 Å². The Bertz CT molecular complexity index is 981. The summed E-state index contributed by atoms with van der Waals surface area (Å²) in [7, 11) is -0.436. The molecule has 1 amide bonds. The predicted molar refractivity (Wildman–Crippen MR) is 96.3 cm³/mol. The molecule has 2 heterocycles. The molecule has 0 radical (unpaired) electrons. The lowest BCUT2D eigenvalue weighted by atomic mass is 10.0. The van der Waals surface area contributed by atoms with Gasteiger partial charge in [-0.3, -0.25) is 9.36 Å². The van der Waals surface area contributed by atoms with Crippen molar-refractivity contribution in [1.82, 2.24) is 13.8 Å². The molecule has 0 saturated carbocycles. The Morgan fingerprint density at radius 2 is 1.92 bits per heavy atom. The number of carbonyl (C=O) groups excluding carboxylic acids is 1. The molecule has 3 rings (SSSR count). The van der Waals surface area contributed by atoms with Gasteiger partial charge in [0.05, 0.1) is 10.4 Å². The summed E-state index contributed by atoms with van der Waals surface area (Å²) in [6.07, 6.45) is 1.67. The Labute approximate surface area is 152 Å². The van der Waals surface area contributed by atoms with E-state index in [4.69, 9.17) is 4.42 Å². The monoisotopic (exact) mass is 381 g/mol. The van der Waals surface area contributed by atoms with Gasteiger partial charge in [0.15, 0.2) is 5.58 Å². The molecule has 1 aliphatic rings. The molecule has 0 spiro atoms. The van der Waals surface area contributed by atoms with E-state index in [0.717, 1.165) is 12.8 Å². The van der Waals surface area contributed by atoms with Crippen LogP contribution >= 0.6 is 0 Å². The van der Waals surface area contributed by atoms with E-state index in [1.54, 1.807) is 14.1 Å². The Kier molecular flexibility index (Phi) is 4.94. The molecular weight excluding hydrogens is 358 g/mol. The van der Waals surface area contributed by atoms with Crippen molar-refractivity contribution in [3.63, 3.8) is 0 Å². The number of piperidine rings is 1. The van der Waals surface area contributed by atoms with E-state index in [-0.39, 0.29) is 22.9 Å². The van der Waals surface area contributed by atoms with Crippen LogP contribution in [0.15, 0.2) is 32.3 Å². The van der Waals surface area contributed by atoms with Crippen LogP contribution in [0.3, 0.4) is 0 Å². The smallest absolute Gasteiger partial charge is 0.408 e. The van der Waals surface area contributed by atoms with E-state index >= 15 is 0 Å². The second-order valence-corrected chi connectivity index (χ2v) is 8.90. The van der Waals surface area contributed by atoms with Crippen LogP contribution in [-0.2, 0) is 21.4 Å². The number of nitrogens with zero attached hydrogens (tertiary/aromatic N) is 3. The number of oxazole rings is 1. The van der Waals surface area contributed by atoms with Crippen LogP contribution in [0.1, 0.15) is 19.8 Å². The number of rotatable bonds is 4. The van der Waals surface area contributed by atoms with E-state index in [2.05, 4.69) is 6.92 Å². The summed E-state index contributed by atoms with van der Waals surface area (Å²) in [5.74, 6) is -0.421. The molecule has 26 heavy (non-hydrogen) atoms. The van der Waals surface area contributed by atoms with Crippen LogP contribution in [0.4, 0.5) is 0 Å². The highest BCUT2D eigenvalue weighted by molar-refractivity contribution is 7.89. The Morgan fingerprint density at radius 1 is 1.27 bits per heavy atom. The largest absolute Gasteiger partial charge is 0.420 e. The maximum atomic E-state index is 12.8. The second kappa shape index (κ2) is 6.88. The highest BCUT2D eigenvalue weighted by Gasteiger charge is 2.29. The summed E-state index contributed by atoms with van der Waals surface area (Å²) < 4.78 is 33.5. The lowest BCUT2D eigenvalue weighted by molar-refractivity contribution is -0.129. The van der Waals surface area contributed by atoms with Crippen LogP contribution in [0.25, 0.3) is 11.1 Å². The van der Waals surface area contributed by atoms with Gasteiger partial charge in [-0.2, -0.15) is 4.31 Å². The van der Waals surface area contributed by atoms with Gasteiger partial charge in [-0.05, 0) is 30.9 Å². The van der Waals surface area contributed by atoms with Crippen LogP contribution in [0.5, 0.6) is 0 Å². The van der Waals surface area contributed by atoms with Crippen LogP contribution in [0.2, 0.25) is 0 Å². The minimum atomic E-state index is -3.63. The van der Waals surface area contributed by atoms with Crippen molar-refractivity contribution in [1.29, 1.82) is 0 Å². The number of hydrogen-bond donors (Lipinski definition) is 0. The standard InChI is InChI=1S/C17H23N3O5S/c1-12-6-8-19(9-7-12)26(23,24)13-4-5-14-15(10-13)25-17(22)20(14)11-16(21)18(2)3/h4-5,10,12H,6-9,11H2,1-3H3. The number of likely N-dealkylation sites (N-methyl/N-ethyl adjacent to an activating group) is 1. The van der Waals surface area contributed by atoms with Crippen molar-refractivity contribution < 1.29 is 17.6 Å². The maximum absolute atomic E-state index is 12.8. The van der Waals surface area contributed by atoms with Gasteiger partial charge in [0.25, 0.3) is 0 Å². The number of carbonyl (C=O) groups is 1. The molecule has 2 aromatic rings. The number of benzene rings is 1. The first-order valence-electron chi connectivity index (χ1n) is 8.54. The van der Waals surface area contributed by atoms with E-state index in [0.29, 0.717) is 24.5 Å². The van der Waals surface area contributed by atoms with Crippen LogP contribution in [0, 0.1) is 5.92 Å². The average molecular weight is 381 g/mol. The van der Waals surface area contributed by atoms with E-state index in [9.17, 15) is 18.0 Å². The zero-order chi connectivity index (χ0) is 19.1. The first-order chi connectivity index (χ1) is 12.2. The number of fused-ring (bicyclic) bond motifs is 1. The average Bonchev–Trinajstić information content (AvgIpc) is 2.90. The molecule has 1 aliphatic heterocycles. The van der Waals surface area contributed by atoms with Crippen molar-refractivity contribution in [2.45, 2.75) is 31.2 Å². The first kappa shape index (κ1) is 18.7. The maximum Gasteiger partial charge on any atom is 0.420 e. The molecule has 1 aromatic carbocycles. The summed E-state index contributed by atoms with van der Waals surface area (Å²) in [5.41, 5.74) is 0.560. The van der Waals surface area contributed by atoms with Crippen molar-refractivity contribution in [2.24, 2.45) is 5.92 Å². The summed E-state index contributed by atoms with van der Waals surface area (Å²) in [6, 6.07) is 4.34. The Hall–Kier alpha value is -2.13. The van der Waals surface area contributed by atoms with E-state index in [1.807, 2.05) is 0 Å². The molecule has 0 N–H and O–H groups in total. The van der Waals surface area contributed by atoms with Crippen molar-refractivity contribution >= 4 is 27.0 Å². The third kappa shape index (κ3) is 3.41. The van der Waals surface area contributed by atoms with Gasteiger partial charge in [0.1, 0.15) is 6.54 Å². The van der Waals surface area contributed by atoms with Gasteiger partial charge in [-0.25, -0.2) is 13.2 Å². The van der Waals surface area contributed by atoms with Gasteiger partial charge >= 0.3 is 5.76 Å². The molecule has 0 bridgehead atoms. The molecule has 9 heteroatoms. The molecule has 0 aliphatic carbocycles. The fourth-order valence-corrected chi connectivity index (χ4v) is 4.49. The summed E-state index contributed by atoms with van der Waals surface area (Å²) in [6.45, 7) is 2.94. The Morgan fingerprint density at radius 3 is 2.54 bits per heavy atom. The molecule has 1 fully saturated rings. The van der Waals surface area contributed by atoms with Gasteiger partial charge in [0, 0.05) is 33.3 Å². The lowest BCUT2D eigenvalue weighted by Gasteiger charge is -2.29. The molecule has 8 nitrogen and oxygen atoms in total. The summed E-state index contributed by atoms with van der Waals surface area (Å²) in [5, 5.41) is 0. The molecule has 1 aromatic heterocycles. The quantitative estimate of drug-likeness (QED) is 0.791. The summed E-state index contributed by atoms with van der Waals surface area (Å²) >= 11 is 0. The second-order valence-electron chi connectivity index (χ2n) is 6.96. The van der Waals surface area contributed by atoms with Gasteiger partial charge in [-0.1, -0.05) is 6.92 Å². The molecule has 0 atom stereocenters. The zero-order valence-electron chi connectivity index (χ0n) is 15.1. The Balaban J connectivity index is 1.95. The number of aromatic nitrogens is 1. The highest BCUT2D eigenvalue weighted by Crippen LogP contribution is 2.25. The zero-order valence-corrected chi connectivity index (χ0v) is 16.0. The third-order valence-electron chi connectivity index (χ3n) is 4.81. The van der Waals surface area contributed by atoms with Crippen molar-refractivity contribution in [3.8, 4) is 0 Å². The minimum Gasteiger partial charge on any atom is -0.408 e. The van der Waals surface area contributed by atoms with Gasteiger partial charge in [-0.15, -0.1) is 0 Å². The number of hydrogen-bond acceptors (Lipinski definition) is 5. The van der Waals surface area contributed by atoms with Gasteiger partial charge < -0.3 is 9.32 Å². The number of sulfonamides is 1. The van der Waals surface area contributed by atoms with Crippen molar-refractivity contribution in [3.05, 3.63) is 28.7 Å². The predicted octanol–water partition coefficient (Wildman–Crippen LogP) is 1.10. The summed E-state index contributed by atoms with van der Waals surface area (Å²) in [4.78, 5) is 25.4. The van der Waals surface area contributed by atoms with Gasteiger partial charge in [0.2, 0.25) is 15.9 Å². The molecule has 0 unspecified atom stereocenters. The highest BCUT2D eigenvalue weighted by atomic mass is 32.2. The fourth-order valence-electron chi connectivity index (χ4n) is 3.01. The first-order valence-corrected chi connectivity index (χ1v) is 9.98. The molecule has 1 saturated heterocycles. The van der Waals surface area contributed by atoms with Crippen LogP contribution < -0.4 is 5.76 Å². The molecular formula is C17H23N3O5S. The topological polar surface area (TPSA) is 92.8 Å². The SMILES string of the molecule is CC1CCN(S(=O)(=O)c2ccc3c(c2)oc(=O)n3CC(=O)N(C)C)CC1. The minimum absolute atomic E-state index is 0.0967.